The molecule has 5 heteroatoms. The predicted molar refractivity (Wildman–Crippen MR) is 97.1 cm³/mol. The van der Waals surface area contributed by atoms with Crippen molar-refractivity contribution in [1.82, 2.24) is 0 Å². The standard InChI is InChI=1S/C16H32O2.C3H6O3/c1-2-3-4-5-6-7-8-9-10-11-12-13-14-15-16(17)18;4-1-3(6)2-5/h2-15H2,1H3,(H,17,18);1,3,5-6H,2H2. The van der Waals surface area contributed by atoms with Gasteiger partial charge in [0.15, 0.2) is 6.29 Å². The van der Waals surface area contributed by atoms with Crippen LogP contribution in [0.15, 0.2) is 0 Å². The second kappa shape index (κ2) is 22.1. The fourth-order valence-corrected chi connectivity index (χ4v) is 2.34. The third kappa shape index (κ3) is 26.0. The van der Waals surface area contributed by atoms with Crippen LogP contribution in [0.1, 0.15) is 96.8 Å². The van der Waals surface area contributed by atoms with Crippen LogP contribution in [0.3, 0.4) is 0 Å². The number of unbranched alkanes of at least 4 members (excludes halogenated alkanes) is 12. The number of aldehydes is 1. The van der Waals surface area contributed by atoms with E-state index in [9.17, 15) is 9.59 Å². The molecule has 3 N–H and O–H groups in total. The quantitative estimate of drug-likeness (QED) is 0.289. The molecule has 0 bridgehead atoms. The Hall–Kier alpha value is -0.940. The van der Waals surface area contributed by atoms with E-state index < -0.39 is 18.7 Å². The minimum atomic E-state index is -1.19. The number of aliphatic carboxylic acids is 1. The molecule has 0 spiro atoms. The molecule has 0 aromatic rings. The summed E-state index contributed by atoms with van der Waals surface area (Å²) in [5.41, 5.74) is 0. The monoisotopic (exact) mass is 346 g/mol. The lowest BCUT2D eigenvalue weighted by Crippen LogP contribution is -2.12. The minimum Gasteiger partial charge on any atom is -0.481 e. The van der Waals surface area contributed by atoms with E-state index >= 15 is 0 Å². The van der Waals surface area contributed by atoms with Gasteiger partial charge in [-0.2, -0.15) is 0 Å². The van der Waals surface area contributed by atoms with Crippen LogP contribution in [0.2, 0.25) is 0 Å². The van der Waals surface area contributed by atoms with E-state index in [0.29, 0.717) is 6.42 Å². The summed E-state index contributed by atoms with van der Waals surface area (Å²) in [4.78, 5) is 19.6. The van der Waals surface area contributed by atoms with E-state index in [-0.39, 0.29) is 6.29 Å². The highest BCUT2D eigenvalue weighted by atomic mass is 16.4. The van der Waals surface area contributed by atoms with Gasteiger partial charge in [-0.1, -0.05) is 84.0 Å². The van der Waals surface area contributed by atoms with Crippen LogP contribution in [-0.4, -0.2) is 40.3 Å². The summed E-state index contributed by atoms with van der Waals surface area (Å²) in [7, 11) is 0. The van der Waals surface area contributed by atoms with Gasteiger partial charge in [0.25, 0.3) is 0 Å². The van der Waals surface area contributed by atoms with Crippen molar-refractivity contribution < 1.29 is 24.9 Å². The number of rotatable bonds is 16. The van der Waals surface area contributed by atoms with Crippen molar-refractivity contribution in [1.29, 1.82) is 0 Å². The molecule has 0 amide bonds. The second-order valence-corrected chi connectivity index (χ2v) is 6.27. The Balaban J connectivity index is 0. The largest absolute Gasteiger partial charge is 0.481 e. The van der Waals surface area contributed by atoms with Gasteiger partial charge in [0, 0.05) is 6.42 Å². The Morgan fingerprint density at radius 3 is 1.46 bits per heavy atom. The zero-order valence-corrected chi connectivity index (χ0v) is 15.4. The van der Waals surface area contributed by atoms with E-state index in [2.05, 4.69) is 6.92 Å². The van der Waals surface area contributed by atoms with Crippen molar-refractivity contribution in [2.45, 2.75) is 103 Å². The van der Waals surface area contributed by atoms with Crippen LogP contribution >= 0.6 is 0 Å². The highest BCUT2D eigenvalue weighted by Crippen LogP contribution is 2.12. The SMILES string of the molecule is CCCCCCCCCCCCCCCC(=O)O.O=CC(O)CO. The number of aliphatic hydroxyl groups is 2. The molecular weight excluding hydrogens is 308 g/mol. The van der Waals surface area contributed by atoms with E-state index in [1.165, 1.54) is 70.6 Å². The summed E-state index contributed by atoms with van der Waals surface area (Å²) < 4.78 is 0. The zero-order chi connectivity index (χ0) is 18.5. The molecule has 0 aromatic heterocycles. The normalized spacial score (nSPS) is 11.5. The third-order valence-corrected chi connectivity index (χ3v) is 3.84. The lowest BCUT2D eigenvalue weighted by molar-refractivity contribution is -0.137. The molecule has 0 aliphatic rings. The molecule has 0 aliphatic carbocycles. The molecule has 0 rings (SSSR count). The fourth-order valence-electron chi connectivity index (χ4n) is 2.34. The van der Waals surface area contributed by atoms with Gasteiger partial charge in [0.05, 0.1) is 6.61 Å². The molecule has 1 unspecified atom stereocenters. The van der Waals surface area contributed by atoms with Gasteiger partial charge in [-0.25, -0.2) is 0 Å². The molecule has 24 heavy (non-hydrogen) atoms. The summed E-state index contributed by atoms with van der Waals surface area (Å²) >= 11 is 0. The first-order valence-electron chi connectivity index (χ1n) is 9.54. The van der Waals surface area contributed by atoms with Gasteiger partial charge >= 0.3 is 5.97 Å². The first-order chi connectivity index (χ1) is 11.6. The molecule has 0 heterocycles. The minimum absolute atomic E-state index is 0.278. The molecule has 5 nitrogen and oxygen atoms in total. The molecule has 0 saturated carbocycles. The highest BCUT2D eigenvalue weighted by Gasteiger charge is 1.96. The molecule has 144 valence electrons. The number of hydrogen-bond donors (Lipinski definition) is 3. The Bertz CT molecular complexity index is 268. The average Bonchev–Trinajstić information content (AvgIpc) is 2.58. The molecule has 0 saturated heterocycles. The molecule has 0 aromatic carbocycles. The van der Waals surface area contributed by atoms with Crippen molar-refractivity contribution in [3.8, 4) is 0 Å². The van der Waals surface area contributed by atoms with Crippen molar-refractivity contribution in [3.05, 3.63) is 0 Å². The summed E-state index contributed by atoms with van der Waals surface area (Å²) in [5, 5.41) is 24.4. The van der Waals surface area contributed by atoms with Gasteiger partial charge in [-0.3, -0.25) is 4.79 Å². The number of carbonyl (C=O) groups is 2. The van der Waals surface area contributed by atoms with Crippen molar-refractivity contribution in [2.75, 3.05) is 6.61 Å². The van der Waals surface area contributed by atoms with E-state index in [0.717, 1.165) is 12.8 Å². The second-order valence-electron chi connectivity index (χ2n) is 6.27. The average molecular weight is 347 g/mol. The fraction of sp³-hybridized carbons (Fsp3) is 0.895. The first-order valence-corrected chi connectivity index (χ1v) is 9.54. The predicted octanol–water partition coefficient (Wildman–Crippen LogP) is 4.09. The molecular formula is C19H38O5. The maximum atomic E-state index is 10.3. The van der Waals surface area contributed by atoms with Gasteiger partial charge in [-0.05, 0) is 6.42 Å². The summed E-state index contributed by atoms with van der Waals surface area (Å²) in [6, 6.07) is 0. The van der Waals surface area contributed by atoms with Gasteiger partial charge < -0.3 is 20.1 Å². The van der Waals surface area contributed by atoms with Crippen molar-refractivity contribution in [2.24, 2.45) is 0 Å². The van der Waals surface area contributed by atoms with Crippen LogP contribution in [0.5, 0.6) is 0 Å². The Labute approximate surface area is 147 Å². The van der Waals surface area contributed by atoms with Crippen molar-refractivity contribution in [3.63, 3.8) is 0 Å². The van der Waals surface area contributed by atoms with E-state index in [4.69, 9.17) is 15.3 Å². The zero-order valence-electron chi connectivity index (χ0n) is 15.4. The maximum absolute atomic E-state index is 10.3. The smallest absolute Gasteiger partial charge is 0.303 e. The Kier molecular flexibility index (Phi) is 23.3. The molecule has 0 fully saturated rings. The van der Waals surface area contributed by atoms with Crippen LogP contribution in [0.4, 0.5) is 0 Å². The summed E-state index contributed by atoms with van der Waals surface area (Å²) in [6.07, 6.45) is 16.4. The van der Waals surface area contributed by atoms with Crippen LogP contribution in [0, 0.1) is 0 Å². The number of carboxylic acids is 1. The number of aliphatic hydroxyl groups excluding tert-OH is 2. The van der Waals surface area contributed by atoms with Crippen LogP contribution in [-0.2, 0) is 9.59 Å². The molecule has 0 radical (unpaired) electrons. The summed E-state index contributed by atoms with van der Waals surface area (Å²) in [5.74, 6) is -0.655. The highest BCUT2D eigenvalue weighted by molar-refractivity contribution is 5.66. The van der Waals surface area contributed by atoms with E-state index in [1.807, 2.05) is 0 Å². The van der Waals surface area contributed by atoms with Gasteiger partial charge in [0.2, 0.25) is 0 Å². The molecule has 0 aliphatic heterocycles. The third-order valence-electron chi connectivity index (χ3n) is 3.84. The maximum Gasteiger partial charge on any atom is 0.303 e. The number of carboxylic acid groups (broad SMARTS) is 1. The molecule has 1 atom stereocenters. The van der Waals surface area contributed by atoms with Crippen LogP contribution < -0.4 is 0 Å². The lowest BCUT2D eigenvalue weighted by atomic mass is 10.0. The van der Waals surface area contributed by atoms with E-state index in [1.54, 1.807) is 0 Å². The summed E-state index contributed by atoms with van der Waals surface area (Å²) in [6.45, 7) is 1.78. The topological polar surface area (TPSA) is 94.8 Å². The van der Waals surface area contributed by atoms with Crippen molar-refractivity contribution >= 4 is 12.3 Å². The van der Waals surface area contributed by atoms with Gasteiger partial charge in [-0.15, -0.1) is 0 Å². The van der Waals surface area contributed by atoms with Crippen LogP contribution in [0.25, 0.3) is 0 Å². The Morgan fingerprint density at radius 2 is 1.21 bits per heavy atom. The van der Waals surface area contributed by atoms with Gasteiger partial charge in [0.1, 0.15) is 6.10 Å². The lowest BCUT2D eigenvalue weighted by Gasteiger charge is -2.02. The Morgan fingerprint density at radius 1 is 0.833 bits per heavy atom. The number of hydrogen-bond acceptors (Lipinski definition) is 4. The number of carbonyl (C=O) groups excluding carboxylic acids is 1. The first kappa shape index (κ1) is 25.3.